The largest absolute Gasteiger partial charge is 0.467 e. The van der Waals surface area contributed by atoms with Gasteiger partial charge in [-0.15, -0.1) is 0 Å². The third-order valence-electron chi connectivity index (χ3n) is 3.91. The molecule has 1 aliphatic heterocycles. The number of anilines is 1. The summed E-state index contributed by atoms with van der Waals surface area (Å²) in [6.07, 6.45) is 2.37. The molecule has 2 heterocycles. The van der Waals surface area contributed by atoms with E-state index in [1.807, 2.05) is 11.2 Å². The molecule has 0 radical (unpaired) electrons. The average molecular weight is 384 g/mol. The Morgan fingerprint density at radius 1 is 1.38 bits per heavy atom. The van der Waals surface area contributed by atoms with Gasteiger partial charge in [0.1, 0.15) is 18.4 Å². The van der Waals surface area contributed by atoms with E-state index < -0.39 is 17.9 Å². The van der Waals surface area contributed by atoms with E-state index in [9.17, 15) is 14.4 Å². The van der Waals surface area contributed by atoms with Crippen LogP contribution in [0.4, 0.5) is 5.82 Å². The molecule has 0 aliphatic carbocycles. The molecule has 0 unspecified atom stereocenters. The van der Waals surface area contributed by atoms with Crippen molar-refractivity contribution in [2.75, 3.05) is 50.3 Å². The topological polar surface area (TPSA) is 103 Å². The van der Waals surface area contributed by atoms with Crippen molar-refractivity contribution in [3.63, 3.8) is 0 Å². The zero-order valence-electron chi connectivity index (χ0n) is 15.0. The molecule has 1 fully saturated rings. The molecule has 144 valence electrons. The predicted molar refractivity (Wildman–Crippen MR) is 98.5 cm³/mol. The minimum Gasteiger partial charge on any atom is -0.467 e. The molecule has 0 spiro atoms. The molecule has 1 atom stereocenters. The quantitative estimate of drug-likeness (QED) is 0.598. The van der Waals surface area contributed by atoms with Crippen molar-refractivity contribution in [1.29, 1.82) is 0 Å². The molecule has 1 aromatic rings. The maximum atomic E-state index is 12.3. The number of carbonyl (C=O) groups is 2. The summed E-state index contributed by atoms with van der Waals surface area (Å²) in [7, 11) is 1.28. The normalized spacial score (nSPS) is 15.4. The summed E-state index contributed by atoms with van der Waals surface area (Å²) in [6.45, 7) is 2.28. The van der Waals surface area contributed by atoms with Gasteiger partial charge in [-0.2, -0.15) is 16.9 Å². The molecule has 26 heavy (non-hydrogen) atoms. The highest BCUT2D eigenvalue weighted by Gasteiger charge is 2.22. The molecular weight excluding hydrogens is 360 g/mol. The lowest BCUT2D eigenvalue weighted by atomic mass is 10.2. The van der Waals surface area contributed by atoms with Gasteiger partial charge in [-0.05, 0) is 24.5 Å². The van der Waals surface area contributed by atoms with Crippen molar-refractivity contribution in [2.24, 2.45) is 0 Å². The van der Waals surface area contributed by atoms with Crippen LogP contribution in [0.2, 0.25) is 0 Å². The number of amides is 1. The minimum atomic E-state index is -0.738. The highest BCUT2D eigenvalue weighted by Crippen LogP contribution is 2.10. The van der Waals surface area contributed by atoms with E-state index in [2.05, 4.69) is 10.4 Å². The zero-order chi connectivity index (χ0) is 18.9. The van der Waals surface area contributed by atoms with Gasteiger partial charge in [-0.25, -0.2) is 9.48 Å². The van der Waals surface area contributed by atoms with Crippen molar-refractivity contribution in [2.45, 2.75) is 19.0 Å². The number of hydrogen-bond donors (Lipinski definition) is 1. The van der Waals surface area contributed by atoms with Gasteiger partial charge in [0.15, 0.2) is 0 Å². The second kappa shape index (κ2) is 10.2. The van der Waals surface area contributed by atoms with Crippen molar-refractivity contribution in [1.82, 2.24) is 15.1 Å². The van der Waals surface area contributed by atoms with Gasteiger partial charge < -0.3 is 19.7 Å². The fourth-order valence-electron chi connectivity index (χ4n) is 2.52. The molecular formula is C16H24N4O5S. The van der Waals surface area contributed by atoms with Gasteiger partial charge in [0, 0.05) is 19.2 Å². The number of ether oxygens (including phenoxy) is 2. The number of esters is 1. The molecule has 1 amide bonds. The number of methoxy groups -OCH3 is 1. The Labute approximate surface area is 156 Å². The second-order valence-corrected chi connectivity index (χ2v) is 6.70. The highest BCUT2D eigenvalue weighted by atomic mass is 32.2. The van der Waals surface area contributed by atoms with Crippen molar-refractivity contribution in [3.05, 3.63) is 22.5 Å². The molecule has 2 rings (SSSR count). The monoisotopic (exact) mass is 384 g/mol. The van der Waals surface area contributed by atoms with Crippen LogP contribution in [-0.2, 0) is 25.6 Å². The van der Waals surface area contributed by atoms with Crippen LogP contribution in [-0.4, -0.2) is 73.1 Å². The number of hydrogen-bond acceptors (Lipinski definition) is 8. The summed E-state index contributed by atoms with van der Waals surface area (Å²) < 4.78 is 11.1. The Balaban J connectivity index is 2.04. The average Bonchev–Trinajstić information content (AvgIpc) is 2.66. The summed E-state index contributed by atoms with van der Waals surface area (Å²) >= 11 is 1.57. The fraction of sp³-hybridized carbons (Fsp3) is 0.625. The molecule has 0 saturated carbocycles. The first-order valence-corrected chi connectivity index (χ1v) is 9.71. The van der Waals surface area contributed by atoms with Gasteiger partial charge in [-0.3, -0.25) is 9.59 Å². The molecule has 1 aliphatic rings. The number of nitrogens with one attached hydrogen (secondary N) is 1. The van der Waals surface area contributed by atoms with Crippen LogP contribution in [0.25, 0.3) is 0 Å². The Kier molecular flexibility index (Phi) is 7.92. The smallest absolute Gasteiger partial charge is 0.328 e. The maximum absolute atomic E-state index is 12.3. The molecule has 0 bridgehead atoms. The summed E-state index contributed by atoms with van der Waals surface area (Å²) in [4.78, 5) is 38.1. The van der Waals surface area contributed by atoms with Gasteiger partial charge >= 0.3 is 5.97 Å². The lowest BCUT2D eigenvalue weighted by Crippen LogP contribution is -2.45. The van der Waals surface area contributed by atoms with E-state index in [1.54, 1.807) is 17.8 Å². The Hall–Kier alpha value is -2.07. The van der Waals surface area contributed by atoms with Gasteiger partial charge in [-0.1, -0.05) is 0 Å². The third kappa shape index (κ3) is 5.73. The van der Waals surface area contributed by atoms with Crippen LogP contribution >= 0.6 is 11.8 Å². The van der Waals surface area contributed by atoms with Crippen LogP contribution in [0.5, 0.6) is 0 Å². The van der Waals surface area contributed by atoms with Crippen LogP contribution in [0.3, 0.4) is 0 Å². The summed E-state index contributed by atoms with van der Waals surface area (Å²) in [6, 6.07) is 2.28. The summed E-state index contributed by atoms with van der Waals surface area (Å²) in [5, 5.41) is 6.88. The SMILES string of the molecule is COC(=O)[C@H](CCSC)NC(=O)Cn1nc(N2CCOCC2)ccc1=O. The van der Waals surface area contributed by atoms with E-state index in [0.717, 1.165) is 4.68 Å². The molecule has 1 saturated heterocycles. The van der Waals surface area contributed by atoms with Crippen LogP contribution in [0.15, 0.2) is 16.9 Å². The van der Waals surface area contributed by atoms with Crippen LogP contribution in [0, 0.1) is 0 Å². The summed E-state index contributed by atoms with van der Waals surface area (Å²) in [5.41, 5.74) is -0.379. The number of carbonyl (C=O) groups excluding carboxylic acids is 2. The Morgan fingerprint density at radius 2 is 2.12 bits per heavy atom. The number of aromatic nitrogens is 2. The summed E-state index contributed by atoms with van der Waals surface area (Å²) in [5.74, 6) is 0.350. The fourth-order valence-corrected chi connectivity index (χ4v) is 2.99. The minimum absolute atomic E-state index is 0.260. The van der Waals surface area contributed by atoms with Gasteiger partial charge in [0.25, 0.3) is 5.56 Å². The Bertz CT molecular complexity index is 675. The van der Waals surface area contributed by atoms with Crippen LogP contribution < -0.4 is 15.8 Å². The third-order valence-corrected chi connectivity index (χ3v) is 4.56. The van der Waals surface area contributed by atoms with E-state index >= 15 is 0 Å². The van der Waals surface area contributed by atoms with E-state index in [0.29, 0.717) is 44.3 Å². The maximum Gasteiger partial charge on any atom is 0.328 e. The van der Waals surface area contributed by atoms with Crippen molar-refractivity contribution < 1.29 is 19.1 Å². The predicted octanol–water partition coefficient (Wildman–Crippen LogP) is -0.509. The van der Waals surface area contributed by atoms with E-state index in [4.69, 9.17) is 9.47 Å². The van der Waals surface area contributed by atoms with Gasteiger partial charge in [0.05, 0.1) is 20.3 Å². The number of rotatable bonds is 8. The number of thioether (sulfide) groups is 1. The molecule has 1 N–H and O–H groups in total. The van der Waals surface area contributed by atoms with Gasteiger partial charge in [0.2, 0.25) is 5.91 Å². The Morgan fingerprint density at radius 3 is 2.77 bits per heavy atom. The van der Waals surface area contributed by atoms with Crippen LogP contribution in [0.1, 0.15) is 6.42 Å². The lowest BCUT2D eigenvalue weighted by molar-refractivity contribution is -0.145. The number of morpholine rings is 1. The first-order valence-electron chi connectivity index (χ1n) is 8.32. The highest BCUT2D eigenvalue weighted by molar-refractivity contribution is 7.98. The molecule has 9 nitrogen and oxygen atoms in total. The van der Waals surface area contributed by atoms with Crippen molar-refractivity contribution >= 4 is 29.5 Å². The standard InChI is InChI=1S/C16H24N4O5S/c1-24-16(23)12(5-10-26-2)17-14(21)11-20-15(22)4-3-13(18-20)19-6-8-25-9-7-19/h3-4,12H,5-11H2,1-2H3,(H,17,21)/t12-/m0/s1. The molecule has 0 aromatic carbocycles. The number of nitrogens with zero attached hydrogens (tertiary/aromatic N) is 3. The van der Waals surface area contributed by atoms with Crippen molar-refractivity contribution in [3.8, 4) is 0 Å². The van der Waals surface area contributed by atoms with E-state index in [-0.39, 0.29) is 12.1 Å². The molecule has 10 heteroatoms. The van der Waals surface area contributed by atoms with E-state index in [1.165, 1.54) is 13.2 Å². The lowest BCUT2D eigenvalue weighted by Gasteiger charge is -2.27. The first-order chi connectivity index (χ1) is 12.5. The molecule has 1 aromatic heterocycles. The second-order valence-electron chi connectivity index (χ2n) is 5.71. The zero-order valence-corrected chi connectivity index (χ0v) is 15.8. The first kappa shape index (κ1) is 20.2.